The lowest BCUT2D eigenvalue weighted by Gasteiger charge is -2.26. The van der Waals surface area contributed by atoms with Crippen LogP contribution in [-0.2, 0) is 24.3 Å². The number of morpholine rings is 1. The van der Waals surface area contributed by atoms with Crippen molar-refractivity contribution in [3.05, 3.63) is 53.6 Å². The molecule has 1 N–H and O–H groups in total. The second-order valence-corrected chi connectivity index (χ2v) is 8.76. The topological polar surface area (TPSA) is 111 Å². The Labute approximate surface area is 181 Å². The van der Waals surface area contributed by atoms with Gasteiger partial charge in [0.15, 0.2) is 6.61 Å². The maximum Gasteiger partial charge on any atom is 0.338 e. The number of esters is 1. The number of aryl methyl sites for hydroxylation is 1. The van der Waals surface area contributed by atoms with Crippen LogP contribution in [0.1, 0.15) is 15.9 Å². The van der Waals surface area contributed by atoms with Crippen LogP contribution in [0.15, 0.2) is 47.4 Å². The molecule has 166 valence electrons. The number of nitrogens with one attached hydrogen (secondary N) is 1. The Morgan fingerprint density at radius 3 is 2.58 bits per heavy atom. The molecule has 0 radical (unpaired) electrons. The molecular formula is C21H24N2O7S. The summed E-state index contributed by atoms with van der Waals surface area (Å²) in [4.78, 5) is 24.5. The summed E-state index contributed by atoms with van der Waals surface area (Å²) in [5.41, 5.74) is 1.06. The van der Waals surface area contributed by atoms with Crippen LogP contribution in [0.5, 0.6) is 5.75 Å². The van der Waals surface area contributed by atoms with E-state index in [9.17, 15) is 18.0 Å². The molecule has 0 spiro atoms. The molecule has 1 aliphatic heterocycles. The molecule has 2 aromatic carbocycles. The van der Waals surface area contributed by atoms with Gasteiger partial charge in [-0.1, -0.05) is 12.1 Å². The predicted molar refractivity (Wildman–Crippen MR) is 113 cm³/mol. The molecule has 1 fully saturated rings. The van der Waals surface area contributed by atoms with Crippen LogP contribution in [0.3, 0.4) is 0 Å². The summed E-state index contributed by atoms with van der Waals surface area (Å²) in [6.07, 6.45) is 0. The number of sulfonamides is 1. The van der Waals surface area contributed by atoms with Crippen molar-refractivity contribution in [1.29, 1.82) is 0 Å². The van der Waals surface area contributed by atoms with E-state index < -0.39 is 28.5 Å². The predicted octanol–water partition coefficient (Wildman–Crippen LogP) is 1.82. The molecule has 0 bridgehead atoms. The minimum Gasteiger partial charge on any atom is -0.497 e. The second-order valence-electron chi connectivity index (χ2n) is 6.85. The van der Waals surface area contributed by atoms with Crippen LogP contribution in [-0.4, -0.2) is 64.6 Å². The van der Waals surface area contributed by atoms with E-state index in [1.165, 1.54) is 23.5 Å². The van der Waals surface area contributed by atoms with Crippen molar-refractivity contribution < 1.29 is 32.2 Å². The third-order valence-corrected chi connectivity index (χ3v) is 6.74. The SMILES string of the molecule is COc1cccc(NC(=O)COC(=O)c2ccc(C)c(S(=O)(=O)N3CCOCC3)c2)c1. The summed E-state index contributed by atoms with van der Waals surface area (Å²) in [6.45, 7) is 2.28. The van der Waals surface area contributed by atoms with Crippen LogP contribution in [0, 0.1) is 6.92 Å². The first-order valence-electron chi connectivity index (χ1n) is 9.61. The maximum absolute atomic E-state index is 12.9. The highest BCUT2D eigenvalue weighted by molar-refractivity contribution is 7.89. The fourth-order valence-electron chi connectivity index (χ4n) is 3.04. The Morgan fingerprint density at radius 2 is 1.87 bits per heavy atom. The van der Waals surface area contributed by atoms with Crippen molar-refractivity contribution >= 4 is 27.6 Å². The van der Waals surface area contributed by atoms with Crippen molar-refractivity contribution in [3.8, 4) is 5.75 Å². The minimum absolute atomic E-state index is 0.0321. The third-order valence-electron chi connectivity index (χ3n) is 4.70. The first kappa shape index (κ1) is 22.7. The third kappa shape index (κ3) is 5.60. The molecule has 0 aromatic heterocycles. The largest absolute Gasteiger partial charge is 0.497 e. The lowest BCUT2D eigenvalue weighted by molar-refractivity contribution is -0.119. The lowest BCUT2D eigenvalue weighted by Crippen LogP contribution is -2.40. The molecule has 0 atom stereocenters. The molecule has 2 aromatic rings. The number of hydrogen-bond acceptors (Lipinski definition) is 7. The smallest absolute Gasteiger partial charge is 0.338 e. The van der Waals surface area contributed by atoms with E-state index in [4.69, 9.17) is 14.2 Å². The van der Waals surface area contributed by atoms with Crippen molar-refractivity contribution in [1.82, 2.24) is 4.31 Å². The molecule has 1 saturated heterocycles. The van der Waals surface area contributed by atoms with Gasteiger partial charge in [0.2, 0.25) is 10.0 Å². The number of carbonyl (C=O) groups is 2. The Kier molecular flexibility index (Phi) is 7.26. The quantitative estimate of drug-likeness (QED) is 0.643. The van der Waals surface area contributed by atoms with Crippen LogP contribution in [0.4, 0.5) is 5.69 Å². The number of anilines is 1. The number of benzene rings is 2. The van der Waals surface area contributed by atoms with Gasteiger partial charge in [-0.25, -0.2) is 13.2 Å². The maximum atomic E-state index is 12.9. The van der Waals surface area contributed by atoms with E-state index >= 15 is 0 Å². The fraction of sp³-hybridized carbons (Fsp3) is 0.333. The van der Waals surface area contributed by atoms with Gasteiger partial charge in [0.05, 0.1) is 30.8 Å². The van der Waals surface area contributed by atoms with Crippen molar-refractivity contribution in [2.24, 2.45) is 0 Å². The number of amides is 1. The zero-order chi connectivity index (χ0) is 22.4. The zero-order valence-electron chi connectivity index (χ0n) is 17.3. The van der Waals surface area contributed by atoms with Crippen molar-refractivity contribution in [2.75, 3.05) is 45.3 Å². The first-order chi connectivity index (χ1) is 14.8. The summed E-state index contributed by atoms with van der Waals surface area (Å²) in [5.74, 6) is -0.752. The number of hydrogen-bond donors (Lipinski definition) is 1. The van der Waals surface area contributed by atoms with E-state index in [0.29, 0.717) is 30.2 Å². The molecule has 3 rings (SSSR count). The summed E-state index contributed by atoms with van der Waals surface area (Å²) >= 11 is 0. The Hall–Kier alpha value is -2.95. The molecule has 10 heteroatoms. The zero-order valence-corrected chi connectivity index (χ0v) is 18.1. The Balaban J connectivity index is 1.66. The van der Waals surface area contributed by atoms with Gasteiger partial charge >= 0.3 is 5.97 Å². The van der Waals surface area contributed by atoms with Crippen LogP contribution in [0.25, 0.3) is 0 Å². The van der Waals surface area contributed by atoms with E-state index in [1.807, 2.05) is 0 Å². The van der Waals surface area contributed by atoms with Crippen molar-refractivity contribution in [3.63, 3.8) is 0 Å². The average Bonchev–Trinajstić information content (AvgIpc) is 2.78. The molecule has 0 aliphatic carbocycles. The molecule has 1 amide bonds. The molecule has 1 heterocycles. The molecule has 0 unspecified atom stereocenters. The number of rotatable bonds is 7. The normalized spacial score (nSPS) is 14.6. The van der Waals surface area contributed by atoms with E-state index in [0.717, 1.165) is 0 Å². The number of carbonyl (C=O) groups excluding carboxylic acids is 2. The van der Waals surface area contributed by atoms with Gasteiger partial charge in [0, 0.05) is 24.8 Å². The second kappa shape index (κ2) is 9.90. The first-order valence-corrected chi connectivity index (χ1v) is 11.0. The Morgan fingerprint density at radius 1 is 1.13 bits per heavy atom. The van der Waals surface area contributed by atoms with Crippen molar-refractivity contribution in [2.45, 2.75) is 11.8 Å². The highest BCUT2D eigenvalue weighted by Gasteiger charge is 2.28. The minimum atomic E-state index is -3.77. The van der Waals surface area contributed by atoms with Gasteiger partial charge < -0.3 is 19.5 Å². The molecule has 31 heavy (non-hydrogen) atoms. The van der Waals surface area contributed by atoms with Gasteiger partial charge in [-0.3, -0.25) is 4.79 Å². The van der Waals surface area contributed by atoms with Crippen LogP contribution >= 0.6 is 0 Å². The van der Waals surface area contributed by atoms with Gasteiger partial charge in [-0.2, -0.15) is 4.31 Å². The molecule has 9 nitrogen and oxygen atoms in total. The average molecular weight is 448 g/mol. The summed E-state index contributed by atoms with van der Waals surface area (Å²) in [7, 11) is -2.26. The van der Waals surface area contributed by atoms with Crippen LogP contribution < -0.4 is 10.1 Å². The summed E-state index contributed by atoms with van der Waals surface area (Å²) in [5, 5.41) is 2.60. The van der Waals surface area contributed by atoms with E-state index in [2.05, 4.69) is 5.32 Å². The highest BCUT2D eigenvalue weighted by atomic mass is 32.2. The molecular weight excluding hydrogens is 424 g/mol. The highest BCUT2D eigenvalue weighted by Crippen LogP contribution is 2.23. The molecule has 0 saturated carbocycles. The summed E-state index contributed by atoms with van der Waals surface area (Å²) in [6, 6.07) is 11.0. The molecule has 1 aliphatic rings. The van der Waals surface area contributed by atoms with Gasteiger partial charge in [-0.05, 0) is 36.8 Å². The van der Waals surface area contributed by atoms with E-state index in [1.54, 1.807) is 37.3 Å². The standard InChI is InChI=1S/C21H24N2O7S/c1-15-6-7-16(12-19(15)31(26,27)23-8-10-29-11-9-23)21(25)30-14-20(24)22-17-4-3-5-18(13-17)28-2/h3-7,12-13H,8-11,14H2,1-2H3,(H,22,24). The van der Waals surface area contributed by atoms with Gasteiger partial charge in [-0.15, -0.1) is 0 Å². The monoisotopic (exact) mass is 448 g/mol. The number of nitrogens with zero attached hydrogens (tertiary/aromatic N) is 1. The van der Waals surface area contributed by atoms with Gasteiger partial charge in [0.25, 0.3) is 5.91 Å². The Bertz CT molecular complexity index is 1060. The fourth-order valence-corrected chi connectivity index (χ4v) is 4.70. The number of methoxy groups -OCH3 is 1. The van der Waals surface area contributed by atoms with E-state index in [-0.39, 0.29) is 23.5 Å². The summed E-state index contributed by atoms with van der Waals surface area (Å²) < 4.78 is 42.6. The number of ether oxygens (including phenoxy) is 3. The van der Waals surface area contributed by atoms with Gasteiger partial charge in [0.1, 0.15) is 5.75 Å². The van der Waals surface area contributed by atoms with Crippen LogP contribution in [0.2, 0.25) is 0 Å². The lowest BCUT2D eigenvalue weighted by atomic mass is 10.1.